The van der Waals surface area contributed by atoms with Crippen LogP contribution in [0.1, 0.15) is 6.92 Å². The molecule has 0 saturated heterocycles. The minimum atomic E-state index is -1.13. The van der Waals surface area contributed by atoms with Crippen LogP contribution in [0.3, 0.4) is 0 Å². The SMILES string of the molecule is C=C(C[P+](C)=O)OCC. The second kappa shape index (κ2) is 4.51. The van der Waals surface area contributed by atoms with E-state index in [9.17, 15) is 4.57 Å². The van der Waals surface area contributed by atoms with Crippen molar-refractivity contribution >= 4 is 7.80 Å². The summed E-state index contributed by atoms with van der Waals surface area (Å²) in [6, 6.07) is 0. The molecule has 0 heterocycles. The highest BCUT2D eigenvalue weighted by molar-refractivity contribution is 7.44. The molecule has 3 heteroatoms. The summed E-state index contributed by atoms with van der Waals surface area (Å²) >= 11 is 0. The quantitative estimate of drug-likeness (QED) is 0.449. The third-order valence-electron chi connectivity index (χ3n) is 0.747. The maximum Gasteiger partial charge on any atom is 0.343 e. The molecule has 0 spiro atoms. The molecule has 0 bridgehead atoms. The predicted octanol–water partition coefficient (Wildman–Crippen LogP) is 1.99. The molecule has 0 aliphatic rings. The second-order valence-corrected chi connectivity index (χ2v) is 3.33. The van der Waals surface area contributed by atoms with Gasteiger partial charge in [-0.25, -0.2) is 0 Å². The predicted molar refractivity (Wildman–Crippen MR) is 39.2 cm³/mol. The molecule has 0 rings (SSSR count). The number of ether oxygens (including phenoxy) is 1. The van der Waals surface area contributed by atoms with Crippen LogP contribution in [0.2, 0.25) is 0 Å². The molecule has 0 aromatic heterocycles. The van der Waals surface area contributed by atoms with Gasteiger partial charge in [-0.2, -0.15) is 0 Å². The largest absolute Gasteiger partial charge is 0.494 e. The van der Waals surface area contributed by atoms with Crippen molar-refractivity contribution in [3.63, 3.8) is 0 Å². The molecule has 0 aliphatic heterocycles. The van der Waals surface area contributed by atoms with Crippen molar-refractivity contribution < 1.29 is 9.30 Å². The Morgan fingerprint density at radius 2 is 2.33 bits per heavy atom. The average molecular weight is 147 g/mol. The van der Waals surface area contributed by atoms with E-state index < -0.39 is 7.80 Å². The van der Waals surface area contributed by atoms with Gasteiger partial charge in [0.25, 0.3) is 0 Å². The Balaban J connectivity index is 3.39. The number of rotatable bonds is 4. The maximum atomic E-state index is 10.5. The van der Waals surface area contributed by atoms with Crippen molar-refractivity contribution in [1.82, 2.24) is 0 Å². The van der Waals surface area contributed by atoms with Gasteiger partial charge in [0.15, 0.2) is 0 Å². The van der Waals surface area contributed by atoms with Gasteiger partial charge in [-0.1, -0.05) is 11.1 Å². The molecule has 0 aromatic rings. The first-order chi connectivity index (χ1) is 4.16. The van der Waals surface area contributed by atoms with Gasteiger partial charge in [0.1, 0.15) is 12.4 Å². The van der Waals surface area contributed by atoms with E-state index >= 15 is 0 Å². The topological polar surface area (TPSA) is 26.3 Å². The maximum absolute atomic E-state index is 10.5. The first kappa shape index (κ1) is 8.64. The molecule has 2 nitrogen and oxygen atoms in total. The van der Waals surface area contributed by atoms with Crippen molar-refractivity contribution in [2.24, 2.45) is 0 Å². The molecule has 0 aliphatic carbocycles. The summed E-state index contributed by atoms with van der Waals surface area (Å²) in [4.78, 5) is 0. The highest BCUT2D eigenvalue weighted by Crippen LogP contribution is 2.17. The van der Waals surface area contributed by atoms with E-state index in [2.05, 4.69) is 6.58 Å². The lowest BCUT2D eigenvalue weighted by Crippen LogP contribution is -1.91. The summed E-state index contributed by atoms with van der Waals surface area (Å²) in [5, 5.41) is 0. The number of hydrogen-bond acceptors (Lipinski definition) is 2. The van der Waals surface area contributed by atoms with E-state index in [1.54, 1.807) is 6.66 Å². The number of hydrogen-bond donors (Lipinski definition) is 0. The first-order valence-electron chi connectivity index (χ1n) is 2.85. The Morgan fingerprint density at radius 1 is 1.78 bits per heavy atom. The molecular formula is C6H12O2P+. The van der Waals surface area contributed by atoms with E-state index in [1.807, 2.05) is 6.92 Å². The van der Waals surface area contributed by atoms with E-state index in [0.29, 0.717) is 18.5 Å². The highest BCUT2D eigenvalue weighted by Gasteiger charge is 2.08. The Hall–Kier alpha value is -0.360. The van der Waals surface area contributed by atoms with Crippen LogP contribution >= 0.6 is 7.80 Å². The van der Waals surface area contributed by atoms with E-state index in [4.69, 9.17) is 4.74 Å². The zero-order chi connectivity index (χ0) is 7.28. The zero-order valence-corrected chi connectivity index (χ0v) is 6.78. The van der Waals surface area contributed by atoms with Gasteiger partial charge in [-0.05, 0) is 6.92 Å². The molecule has 0 fully saturated rings. The molecular weight excluding hydrogens is 135 g/mol. The fraction of sp³-hybridized carbons (Fsp3) is 0.667. The van der Waals surface area contributed by atoms with Gasteiger partial charge in [0.05, 0.1) is 6.61 Å². The molecule has 0 radical (unpaired) electrons. The Labute approximate surface area is 56.7 Å². The van der Waals surface area contributed by atoms with Crippen molar-refractivity contribution in [2.45, 2.75) is 6.92 Å². The van der Waals surface area contributed by atoms with Crippen LogP contribution in [-0.2, 0) is 9.30 Å². The van der Waals surface area contributed by atoms with Gasteiger partial charge >= 0.3 is 7.80 Å². The first-order valence-corrected chi connectivity index (χ1v) is 4.75. The smallest absolute Gasteiger partial charge is 0.343 e. The van der Waals surface area contributed by atoms with E-state index in [1.165, 1.54) is 0 Å². The van der Waals surface area contributed by atoms with Crippen LogP contribution in [0.25, 0.3) is 0 Å². The second-order valence-electron chi connectivity index (χ2n) is 1.76. The standard InChI is InChI=1S/C6H12O2P/c1-4-8-6(2)5-9(3)7/h2,4-5H2,1,3H3/q+1. The van der Waals surface area contributed by atoms with Gasteiger partial charge < -0.3 is 4.74 Å². The monoisotopic (exact) mass is 147 g/mol. The van der Waals surface area contributed by atoms with Crippen LogP contribution in [0.5, 0.6) is 0 Å². The number of allylic oxidation sites excluding steroid dienone is 1. The van der Waals surface area contributed by atoms with Crippen molar-refractivity contribution in [3.8, 4) is 0 Å². The summed E-state index contributed by atoms with van der Waals surface area (Å²) in [7, 11) is -1.13. The van der Waals surface area contributed by atoms with Crippen LogP contribution < -0.4 is 0 Å². The molecule has 0 aromatic carbocycles. The van der Waals surface area contributed by atoms with Crippen molar-refractivity contribution in [2.75, 3.05) is 19.4 Å². The van der Waals surface area contributed by atoms with Crippen LogP contribution in [-0.4, -0.2) is 19.4 Å². The lowest BCUT2D eigenvalue weighted by molar-refractivity contribution is 0.234. The van der Waals surface area contributed by atoms with Gasteiger partial charge in [0.2, 0.25) is 6.16 Å². The van der Waals surface area contributed by atoms with Crippen LogP contribution in [0.4, 0.5) is 0 Å². The van der Waals surface area contributed by atoms with Gasteiger partial charge in [0, 0.05) is 0 Å². The molecule has 0 N–H and O–H groups in total. The molecule has 9 heavy (non-hydrogen) atoms. The molecule has 0 amide bonds. The Kier molecular flexibility index (Phi) is 4.33. The minimum absolute atomic E-state index is 0.489. The van der Waals surface area contributed by atoms with Crippen molar-refractivity contribution in [1.29, 1.82) is 0 Å². The highest BCUT2D eigenvalue weighted by atomic mass is 31.1. The van der Waals surface area contributed by atoms with Crippen LogP contribution in [0.15, 0.2) is 12.3 Å². The molecule has 1 unspecified atom stereocenters. The fourth-order valence-corrected chi connectivity index (χ4v) is 1.09. The normalized spacial score (nSPS) is 10.7. The van der Waals surface area contributed by atoms with E-state index in [-0.39, 0.29) is 0 Å². The summed E-state index contributed by atoms with van der Waals surface area (Å²) < 4.78 is 15.5. The third-order valence-corrected chi connectivity index (χ3v) is 1.55. The molecule has 0 saturated carbocycles. The Bertz CT molecular complexity index is 120. The molecule has 52 valence electrons. The Morgan fingerprint density at radius 3 is 2.67 bits per heavy atom. The van der Waals surface area contributed by atoms with Gasteiger partial charge in [-0.15, -0.1) is 0 Å². The summed E-state index contributed by atoms with van der Waals surface area (Å²) in [6.07, 6.45) is 0.489. The fourth-order valence-electron chi connectivity index (χ4n) is 0.498. The summed E-state index contributed by atoms with van der Waals surface area (Å²) in [5.41, 5.74) is 0. The molecule has 1 atom stereocenters. The lowest BCUT2D eigenvalue weighted by atomic mass is 10.6. The third kappa shape index (κ3) is 5.51. The average Bonchev–Trinajstić information content (AvgIpc) is 1.63. The lowest BCUT2D eigenvalue weighted by Gasteiger charge is -1.97. The van der Waals surface area contributed by atoms with Gasteiger partial charge in [-0.3, -0.25) is 0 Å². The zero-order valence-electron chi connectivity index (χ0n) is 5.89. The summed E-state index contributed by atoms with van der Waals surface area (Å²) in [6.45, 7) is 7.74. The summed E-state index contributed by atoms with van der Waals surface area (Å²) in [5.74, 6) is 0.626. The van der Waals surface area contributed by atoms with Crippen LogP contribution in [0, 0.1) is 0 Å². The van der Waals surface area contributed by atoms with Crippen molar-refractivity contribution in [3.05, 3.63) is 12.3 Å². The van der Waals surface area contributed by atoms with E-state index in [0.717, 1.165) is 0 Å². The minimum Gasteiger partial charge on any atom is -0.494 e.